The molecule has 1 aliphatic heterocycles. The summed E-state index contributed by atoms with van der Waals surface area (Å²) in [6, 6.07) is 18.2. The highest BCUT2D eigenvalue weighted by molar-refractivity contribution is 6.18. The molecule has 1 aliphatic rings. The second kappa shape index (κ2) is 11.6. The van der Waals surface area contributed by atoms with Gasteiger partial charge in [-0.3, -0.25) is 9.59 Å². The fourth-order valence-corrected chi connectivity index (χ4v) is 4.82. The minimum Gasteiger partial charge on any atom is -0.457 e. The topological polar surface area (TPSA) is 124 Å². The van der Waals surface area contributed by atoms with Crippen LogP contribution >= 0.6 is 0 Å². The molecule has 196 valence electrons. The first-order chi connectivity index (χ1) is 19.0. The van der Waals surface area contributed by atoms with Gasteiger partial charge in [0.2, 0.25) is 0 Å². The van der Waals surface area contributed by atoms with Crippen LogP contribution in [0.5, 0.6) is 11.5 Å². The molecule has 2 aromatic heterocycles. The summed E-state index contributed by atoms with van der Waals surface area (Å²) in [5, 5.41) is 13.1. The summed E-state index contributed by atoms with van der Waals surface area (Å²) >= 11 is 0. The molecule has 3 heterocycles. The van der Waals surface area contributed by atoms with E-state index in [1.54, 1.807) is 35.4 Å². The molecule has 9 heteroatoms. The molecule has 2 N–H and O–H groups in total. The fraction of sp³-hybridized carbons (Fsp3) is 0.233. The summed E-state index contributed by atoms with van der Waals surface area (Å²) in [4.78, 5) is 39.8. The van der Waals surface area contributed by atoms with E-state index in [2.05, 4.69) is 26.8 Å². The van der Waals surface area contributed by atoms with Gasteiger partial charge >= 0.3 is 0 Å². The van der Waals surface area contributed by atoms with E-state index >= 15 is 0 Å². The van der Waals surface area contributed by atoms with Crippen molar-refractivity contribution in [1.82, 2.24) is 19.9 Å². The fourth-order valence-electron chi connectivity index (χ4n) is 4.82. The molecule has 1 unspecified atom stereocenters. The van der Waals surface area contributed by atoms with Crippen molar-refractivity contribution in [2.24, 2.45) is 0 Å². The van der Waals surface area contributed by atoms with Gasteiger partial charge in [-0.2, -0.15) is 5.26 Å². The van der Waals surface area contributed by atoms with E-state index < -0.39 is 0 Å². The zero-order valence-corrected chi connectivity index (χ0v) is 21.4. The van der Waals surface area contributed by atoms with Gasteiger partial charge in [0, 0.05) is 30.9 Å². The van der Waals surface area contributed by atoms with E-state index in [1.807, 2.05) is 36.4 Å². The van der Waals surface area contributed by atoms with Crippen LogP contribution in [0.4, 0.5) is 5.82 Å². The molecule has 1 fully saturated rings. The second-order valence-electron chi connectivity index (χ2n) is 9.39. The van der Waals surface area contributed by atoms with E-state index in [-0.39, 0.29) is 23.3 Å². The number of rotatable bonds is 8. The Morgan fingerprint density at radius 1 is 1.08 bits per heavy atom. The van der Waals surface area contributed by atoms with Gasteiger partial charge < -0.3 is 19.9 Å². The van der Waals surface area contributed by atoms with Crippen LogP contribution in [0.15, 0.2) is 79.3 Å². The summed E-state index contributed by atoms with van der Waals surface area (Å²) in [5.41, 5.74) is 1.41. The number of hydrogen-bond donors (Lipinski definition) is 2. The monoisotopic (exact) mass is 520 g/mol. The molecule has 1 atom stereocenters. The highest BCUT2D eigenvalue weighted by Gasteiger charge is 2.27. The lowest BCUT2D eigenvalue weighted by atomic mass is 10.0. The van der Waals surface area contributed by atoms with Crippen LogP contribution in [0.25, 0.3) is 11.0 Å². The van der Waals surface area contributed by atoms with E-state index in [0.717, 1.165) is 25.7 Å². The highest BCUT2D eigenvalue weighted by atomic mass is 16.5. The van der Waals surface area contributed by atoms with Gasteiger partial charge in [0.05, 0.1) is 10.9 Å². The van der Waals surface area contributed by atoms with Crippen LogP contribution in [0.2, 0.25) is 0 Å². The molecule has 0 saturated carbocycles. The molecule has 2 aromatic carbocycles. The molecule has 39 heavy (non-hydrogen) atoms. The third-order valence-corrected chi connectivity index (χ3v) is 6.85. The Hall–Kier alpha value is -4.97. The standard InChI is InChI=1S/C30H28N6O3/c1-20(16-31)30(38)36-15-7-3-4-8-22(36)17-32-28-26-25(18-33-29(26)35-19-34-28)27(37)21-11-13-24(14-12-21)39-23-9-5-2-6-10-23/h2,5-6,9-14,18-19,22H,1,3-4,7-8,15,17H2,(H2,32,33,34,35). The normalized spacial score (nSPS) is 15.3. The number of nitrogens with one attached hydrogen (secondary N) is 2. The third-order valence-electron chi connectivity index (χ3n) is 6.85. The first kappa shape index (κ1) is 25.7. The Bertz CT molecular complexity index is 1540. The number of ether oxygens (including phenoxy) is 1. The number of aromatic amines is 1. The number of aromatic nitrogens is 3. The van der Waals surface area contributed by atoms with E-state index in [0.29, 0.717) is 52.6 Å². The third kappa shape index (κ3) is 5.65. The lowest BCUT2D eigenvalue weighted by Gasteiger charge is -2.30. The molecule has 5 rings (SSSR count). The number of amides is 1. The van der Waals surface area contributed by atoms with Gasteiger partial charge in [0.15, 0.2) is 5.78 Å². The Morgan fingerprint density at radius 3 is 2.62 bits per heavy atom. The van der Waals surface area contributed by atoms with Gasteiger partial charge in [-0.25, -0.2) is 9.97 Å². The molecule has 1 amide bonds. The minimum atomic E-state index is -0.337. The number of benzene rings is 2. The molecule has 0 spiro atoms. The average molecular weight is 521 g/mol. The van der Waals surface area contributed by atoms with Crippen molar-refractivity contribution in [3.63, 3.8) is 0 Å². The molecule has 4 aromatic rings. The van der Waals surface area contributed by atoms with Crippen molar-refractivity contribution >= 4 is 28.5 Å². The van der Waals surface area contributed by atoms with Gasteiger partial charge in [0.25, 0.3) is 5.91 Å². The number of hydrogen-bond acceptors (Lipinski definition) is 7. The van der Waals surface area contributed by atoms with Crippen LogP contribution in [-0.2, 0) is 4.79 Å². The SMILES string of the molecule is C=C(C#N)C(=O)N1CCCCCC1CNc1ncnc2[nH]cc(C(=O)c3ccc(Oc4ccccc4)cc3)c12. The summed E-state index contributed by atoms with van der Waals surface area (Å²) in [6.07, 6.45) is 6.74. The number of carbonyl (C=O) groups is 2. The van der Waals surface area contributed by atoms with Gasteiger partial charge in [-0.1, -0.05) is 37.6 Å². The van der Waals surface area contributed by atoms with Crippen LogP contribution in [-0.4, -0.2) is 50.7 Å². The maximum Gasteiger partial charge on any atom is 0.264 e. The Balaban J connectivity index is 1.36. The molecule has 9 nitrogen and oxygen atoms in total. The molecule has 0 aliphatic carbocycles. The van der Waals surface area contributed by atoms with Crippen molar-refractivity contribution in [3.05, 3.63) is 90.4 Å². The van der Waals surface area contributed by atoms with E-state index in [1.165, 1.54) is 6.33 Å². The summed E-state index contributed by atoms with van der Waals surface area (Å²) in [5.74, 6) is 1.33. The maximum atomic E-state index is 13.5. The first-order valence-corrected chi connectivity index (χ1v) is 12.9. The average Bonchev–Trinajstić information content (AvgIpc) is 3.27. The lowest BCUT2D eigenvalue weighted by Crippen LogP contribution is -2.44. The zero-order chi connectivity index (χ0) is 27.2. The van der Waals surface area contributed by atoms with Gasteiger partial charge in [0.1, 0.15) is 40.9 Å². The van der Waals surface area contributed by atoms with Crippen LogP contribution in [0, 0.1) is 11.3 Å². The molecule has 0 radical (unpaired) electrons. The van der Waals surface area contributed by atoms with Gasteiger partial charge in [-0.05, 0) is 49.2 Å². The Kier molecular flexibility index (Phi) is 7.64. The van der Waals surface area contributed by atoms with Crippen molar-refractivity contribution < 1.29 is 14.3 Å². The lowest BCUT2D eigenvalue weighted by molar-refractivity contribution is -0.128. The minimum absolute atomic E-state index is 0.0648. The van der Waals surface area contributed by atoms with Crippen LogP contribution in [0.1, 0.15) is 41.6 Å². The van der Waals surface area contributed by atoms with Crippen LogP contribution < -0.4 is 10.1 Å². The Morgan fingerprint density at radius 2 is 1.85 bits per heavy atom. The van der Waals surface area contributed by atoms with E-state index in [9.17, 15) is 14.9 Å². The zero-order valence-electron chi connectivity index (χ0n) is 21.4. The largest absolute Gasteiger partial charge is 0.457 e. The summed E-state index contributed by atoms with van der Waals surface area (Å²) in [7, 11) is 0. The summed E-state index contributed by atoms with van der Waals surface area (Å²) < 4.78 is 5.84. The number of ketones is 1. The van der Waals surface area contributed by atoms with Crippen molar-refractivity contribution in [2.45, 2.75) is 31.7 Å². The van der Waals surface area contributed by atoms with Crippen molar-refractivity contribution in [3.8, 4) is 17.6 Å². The number of likely N-dealkylation sites (tertiary alicyclic amines) is 1. The molecular weight excluding hydrogens is 492 g/mol. The number of nitrogens with zero attached hydrogens (tertiary/aromatic N) is 4. The van der Waals surface area contributed by atoms with Crippen molar-refractivity contribution in [1.29, 1.82) is 5.26 Å². The number of H-pyrrole nitrogens is 1. The number of nitriles is 1. The predicted molar refractivity (Wildman–Crippen MR) is 147 cm³/mol. The molecule has 1 saturated heterocycles. The smallest absolute Gasteiger partial charge is 0.264 e. The highest BCUT2D eigenvalue weighted by Crippen LogP contribution is 2.28. The number of fused-ring (bicyclic) bond motifs is 1. The number of anilines is 1. The Labute approximate surface area is 226 Å². The molecule has 0 bridgehead atoms. The van der Waals surface area contributed by atoms with Crippen LogP contribution in [0.3, 0.4) is 0 Å². The molecular formula is C30H28N6O3. The number of para-hydroxylation sites is 1. The van der Waals surface area contributed by atoms with Crippen molar-refractivity contribution in [2.75, 3.05) is 18.4 Å². The number of carbonyl (C=O) groups excluding carboxylic acids is 2. The second-order valence-corrected chi connectivity index (χ2v) is 9.39. The maximum absolute atomic E-state index is 13.5. The quantitative estimate of drug-likeness (QED) is 0.185. The predicted octanol–water partition coefficient (Wildman–Crippen LogP) is 5.24. The van der Waals surface area contributed by atoms with E-state index in [4.69, 9.17) is 4.74 Å². The summed E-state index contributed by atoms with van der Waals surface area (Å²) in [6.45, 7) is 4.60. The first-order valence-electron chi connectivity index (χ1n) is 12.9. The van der Waals surface area contributed by atoms with Gasteiger partial charge in [-0.15, -0.1) is 0 Å².